The predicted molar refractivity (Wildman–Crippen MR) is 84.4 cm³/mol. The number of hydrogen-bond acceptors (Lipinski definition) is 4. The number of hydrogen-bond donors (Lipinski definition) is 1. The van der Waals surface area contributed by atoms with Gasteiger partial charge in [-0.25, -0.2) is 9.97 Å². The van der Waals surface area contributed by atoms with Gasteiger partial charge in [-0.1, -0.05) is 6.92 Å². The van der Waals surface area contributed by atoms with Crippen LogP contribution < -0.4 is 5.32 Å². The molecule has 0 bridgehead atoms. The molecule has 2 aromatic rings. The average Bonchev–Trinajstić information content (AvgIpc) is 3.06. The standard InChI is InChI=1S/C16H25N5/c1-4-7-20(15-5-6-17-9-15)10-14-11-21-13(3)8-12(2)18-16(21)19-14/h8,11,15,17H,4-7,9-10H2,1-3H3. The molecule has 1 fully saturated rings. The summed E-state index contributed by atoms with van der Waals surface area (Å²) in [5.74, 6) is 0.823. The van der Waals surface area contributed by atoms with Gasteiger partial charge in [-0.15, -0.1) is 0 Å². The van der Waals surface area contributed by atoms with Crippen LogP contribution in [0.3, 0.4) is 0 Å². The number of nitrogens with zero attached hydrogens (tertiary/aromatic N) is 4. The van der Waals surface area contributed by atoms with E-state index in [1.165, 1.54) is 18.5 Å². The van der Waals surface area contributed by atoms with Crippen molar-refractivity contribution in [1.29, 1.82) is 0 Å². The summed E-state index contributed by atoms with van der Waals surface area (Å²) in [6.07, 6.45) is 4.56. The lowest BCUT2D eigenvalue weighted by Gasteiger charge is -2.26. The second-order valence-electron chi connectivity index (χ2n) is 6.06. The summed E-state index contributed by atoms with van der Waals surface area (Å²) < 4.78 is 2.10. The van der Waals surface area contributed by atoms with Gasteiger partial charge in [0.2, 0.25) is 5.78 Å². The van der Waals surface area contributed by atoms with Crippen LogP contribution in [-0.2, 0) is 6.54 Å². The highest BCUT2D eigenvalue weighted by Gasteiger charge is 2.22. The highest BCUT2D eigenvalue weighted by atomic mass is 15.2. The Labute approximate surface area is 126 Å². The number of aromatic nitrogens is 3. The van der Waals surface area contributed by atoms with Gasteiger partial charge < -0.3 is 5.32 Å². The van der Waals surface area contributed by atoms with Crippen molar-refractivity contribution in [2.75, 3.05) is 19.6 Å². The van der Waals surface area contributed by atoms with Crippen molar-refractivity contribution in [3.05, 3.63) is 29.3 Å². The lowest BCUT2D eigenvalue weighted by Crippen LogP contribution is -2.37. The molecule has 0 saturated carbocycles. The Kier molecular flexibility index (Phi) is 4.22. The van der Waals surface area contributed by atoms with Gasteiger partial charge in [0.25, 0.3) is 0 Å². The van der Waals surface area contributed by atoms with Gasteiger partial charge in [0, 0.05) is 36.7 Å². The molecule has 1 atom stereocenters. The second-order valence-corrected chi connectivity index (χ2v) is 6.06. The zero-order chi connectivity index (χ0) is 14.8. The molecule has 2 aromatic heterocycles. The molecule has 1 N–H and O–H groups in total. The number of rotatable bonds is 5. The van der Waals surface area contributed by atoms with E-state index in [1.54, 1.807) is 0 Å². The van der Waals surface area contributed by atoms with Crippen molar-refractivity contribution >= 4 is 5.78 Å². The third-order valence-electron chi connectivity index (χ3n) is 4.24. The third-order valence-corrected chi connectivity index (χ3v) is 4.24. The van der Waals surface area contributed by atoms with E-state index < -0.39 is 0 Å². The summed E-state index contributed by atoms with van der Waals surface area (Å²) in [4.78, 5) is 11.8. The first-order valence-electron chi connectivity index (χ1n) is 7.94. The van der Waals surface area contributed by atoms with Gasteiger partial charge in [0.15, 0.2) is 0 Å². The normalized spacial score (nSPS) is 19.0. The highest BCUT2D eigenvalue weighted by molar-refractivity contribution is 5.34. The van der Waals surface area contributed by atoms with Gasteiger partial charge in [0.1, 0.15) is 0 Å². The van der Waals surface area contributed by atoms with Crippen LogP contribution in [0.5, 0.6) is 0 Å². The molecule has 3 heterocycles. The predicted octanol–water partition coefficient (Wildman–Crippen LogP) is 1.92. The fourth-order valence-corrected chi connectivity index (χ4v) is 3.23. The van der Waals surface area contributed by atoms with Gasteiger partial charge in [-0.05, 0) is 45.8 Å². The molecule has 0 spiro atoms. The summed E-state index contributed by atoms with van der Waals surface area (Å²) in [7, 11) is 0. The molecule has 0 aromatic carbocycles. The summed E-state index contributed by atoms with van der Waals surface area (Å²) >= 11 is 0. The first-order chi connectivity index (χ1) is 10.2. The van der Waals surface area contributed by atoms with Crippen molar-refractivity contribution in [1.82, 2.24) is 24.6 Å². The second kappa shape index (κ2) is 6.12. The minimum absolute atomic E-state index is 0.644. The molecule has 0 amide bonds. The highest BCUT2D eigenvalue weighted by Crippen LogP contribution is 2.15. The maximum atomic E-state index is 4.72. The Morgan fingerprint density at radius 1 is 1.38 bits per heavy atom. The molecule has 114 valence electrons. The van der Waals surface area contributed by atoms with Gasteiger partial charge in [0.05, 0.1) is 5.69 Å². The van der Waals surface area contributed by atoms with E-state index in [4.69, 9.17) is 4.98 Å². The minimum atomic E-state index is 0.644. The van der Waals surface area contributed by atoms with E-state index in [1.807, 2.05) is 6.92 Å². The number of fused-ring (bicyclic) bond motifs is 1. The van der Waals surface area contributed by atoms with Gasteiger partial charge in [-0.2, -0.15) is 0 Å². The van der Waals surface area contributed by atoms with Crippen LogP contribution in [0.1, 0.15) is 36.8 Å². The molecular weight excluding hydrogens is 262 g/mol. The minimum Gasteiger partial charge on any atom is -0.315 e. The van der Waals surface area contributed by atoms with Crippen molar-refractivity contribution < 1.29 is 0 Å². The molecular formula is C16H25N5. The van der Waals surface area contributed by atoms with E-state index in [2.05, 4.69) is 45.7 Å². The summed E-state index contributed by atoms with van der Waals surface area (Å²) in [5.41, 5.74) is 3.35. The third kappa shape index (κ3) is 3.09. The fourth-order valence-electron chi connectivity index (χ4n) is 3.23. The molecule has 0 aliphatic carbocycles. The summed E-state index contributed by atoms with van der Waals surface area (Å²) in [6, 6.07) is 2.74. The lowest BCUT2D eigenvalue weighted by atomic mass is 10.2. The zero-order valence-corrected chi connectivity index (χ0v) is 13.3. The lowest BCUT2D eigenvalue weighted by molar-refractivity contribution is 0.197. The molecule has 1 unspecified atom stereocenters. The van der Waals surface area contributed by atoms with E-state index >= 15 is 0 Å². The van der Waals surface area contributed by atoms with E-state index in [0.717, 1.165) is 43.3 Å². The van der Waals surface area contributed by atoms with Crippen LogP contribution >= 0.6 is 0 Å². The summed E-state index contributed by atoms with van der Waals surface area (Å²) in [5, 5.41) is 3.46. The SMILES string of the molecule is CCCN(Cc1cn2c(C)cc(C)nc2n1)C1CCNC1. The number of aryl methyl sites for hydroxylation is 2. The van der Waals surface area contributed by atoms with Crippen molar-refractivity contribution in [2.45, 2.75) is 46.2 Å². The average molecular weight is 287 g/mol. The van der Waals surface area contributed by atoms with Crippen molar-refractivity contribution in [3.63, 3.8) is 0 Å². The van der Waals surface area contributed by atoms with Crippen LogP contribution in [-0.4, -0.2) is 44.9 Å². The molecule has 21 heavy (non-hydrogen) atoms. The summed E-state index contributed by atoms with van der Waals surface area (Å²) in [6.45, 7) is 10.7. The monoisotopic (exact) mass is 287 g/mol. The van der Waals surface area contributed by atoms with Crippen molar-refractivity contribution in [2.24, 2.45) is 0 Å². The molecule has 5 heteroatoms. The Hall–Kier alpha value is -1.46. The molecule has 1 aliphatic heterocycles. The maximum Gasteiger partial charge on any atom is 0.234 e. The molecule has 1 saturated heterocycles. The molecule has 5 nitrogen and oxygen atoms in total. The Bertz CT molecular complexity index is 612. The Morgan fingerprint density at radius 2 is 2.24 bits per heavy atom. The first kappa shape index (κ1) is 14.5. The van der Waals surface area contributed by atoms with Crippen LogP contribution in [0, 0.1) is 13.8 Å². The Morgan fingerprint density at radius 3 is 2.95 bits per heavy atom. The van der Waals surface area contributed by atoms with Crippen LogP contribution in [0.2, 0.25) is 0 Å². The topological polar surface area (TPSA) is 45.5 Å². The van der Waals surface area contributed by atoms with Crippen LogP contribution in [0.25, 0.3) is 5.78 Å². The largest absolute Gasteiger partial charge is 0.315 e. The first-order valence-corrected chi connectivity index (χ1v) is 7.94. The molecule has 3 rings (SSSR count). The van der Waals surface area contributed by atoms with Crippen LogP contribution in [0.4, 0.5) is 0 Å². The smallest absolute Gasteiger partial charge is 0.234 e. The van der Waals surface area contributed by atoms with E-state index in [0.29, 0.717) is 6.04 Å². The van der Waals surface area contributed by atoms with E-state index in [9.17, 15) is 0 Å². The van der Waals surface area contributed by atoms with Gasteiger partial charge in [-0.3, -0.25) is 9.30 Å². The quantitative estimate of drug-likeness (QED) is 0.912. The molecule has 1 aliphatic rings. The number of imidazole rings is 1. The maximum absolute atomic E-state index is 4.72. The van der Waals surface area contributed by atoms with Crippen LogP contribution in [0.15, 0.2) is 12.3 Å². The van der Waals surface area contributed by atoms with E-state index in [-0.39, 0.29) is 0 Å². The van der Waals surface area contributed by atoms with Crippen molar-refractivity contribution in [3.8, 4) is 0 Å². The zero-order valence-electron chi connectivity index (χ0n) is 13.3. The number of nitrogens with one attached hydrogen (secondary N) is 1. The fraction of sp³-hybridized carbons (Fsp3) is 0.625. The Balaban J connectivity index is 1.83. The molecule has 0 radical (unpaired) electrons. The van der Waals surface area contributed by atoms with Gasteiger partial charge >= 0.3 is 0 Å².